The van der Waals surface area contributed by atoms with E-state index in [9.17, 15) is 9.59 Å². The molecule has 2 amide bonds. The van der Waals surface area contributed by atoms with Crippen molar-refractivity contribution in [2.45, 2.75) is 31.7 Å². The van der Waals surface area contributed by atoms with Crippen molar-refractivity contribution in [1.29, 1.82) is 0 Å². The molecular formula is C10H15N3O3. The lowest BCUT2D eigenvalue weighted by Crippen LogP contribution is -2.43. The Balaban J connectivity index is 2.04. The van der Waals surface area contributed by atoms with Crippen LogP contribution in [-0.4, -0.2) is 46.7 Å². The number of likely N-dealkylation sites (tertiary alicyclic amines) is 1. The Kier molecular flexibility index (Phi) is 3.19. The van der Waals surface area contributed by atoms with Gasteiger partial charge in [0, 0.05) is 19.4 Å². The number of aliphatic hydroxyl groups excluding tert-OH is 1. The van der Waals surface area contributed by atoms with E-state index in [1.165, 1.54) is 0 Å². The Hall–Kier alpha value is -1.43. The molecule has 0 aromatic heterocycles. The average molecular weight is 225 g/mol. The highest BCUT2D eigenvalue weighted by molar-refractivity contribution is 6.39. The molecule has 0 spiro atoms. The molecule has 6 heteroatoms. The van der Waals surface area contributed by atoms with Gasteiger partial charge >= 0.3 is 0 Å². The number of amides is 2. The molecule has 1 saturated heterocycles. The molecule has 6 nitrogen and oxygen atoms in total. The van der Waals surface area contributed by atoms with Gasteiger partial charge in [0.25, 0.3) is 5.91 Å². The third-order valence-corrected chi connectivity index (χ3v) is 3.00. The number of nitrogens with one attached hydrogen (secondary N) is 1. The lowest BCUT2D eigenvalue weighted by Gasteiger charge is -2.24. The van der Waals surface area contributed by atoms with Gasteiger partial charge in [-0.25, -0.2) is 5.43 Å². The van der Waals surface area contributed by atoms with Crippen molar-refractivity contribution in [2.75, 3.05) is 13.2 Å². The molecule has 2 heterocycles. The quantitative estimate of drug-likeness (QED) is 0.647. The summed E-state index contributed by atoms with van der Waals surface area (Å²) in [5.74, 6) is -0.312. The molecule has 0 aromatic rings. The molecule has 16 heavy (non-hydrogen) atoms. The number of aliphatic hydroxyl groups is 1. The first-order valence-electron chi connectivity index (χ1n) is 5.49. The standard InChI is InChI=1S/C10H15N3O3/c14-6-7-2-1-5-13(7)10(16)8-3-4-9(15)12-11-8/h7,14H,1-6H2,(H,12,15)/t7-/m0/s1. The van der Waals surface area contributed by atoms with E-state index in [-0.39, 0.29) is 24.5 Å². The predicted octanol–water partition coefficient (Wildman–Crippen LogP) is -0.764. The second kappa shape index (κ2) is 4.61. The Morgan fingerprint density at radius 2 is 2.38 bits per heavy atom. The van der Waals surface area contributed by atoms with E-state index >= 15 is 0 Å². The lowest BCUT2D eigenvalue weighted by atomic mass is 10.1. The molecule has 0 aliphatic carbocycles. The molecule has 0 saturated carbocycles. The maximum Gasteiger partial charge on any atom is 0.270 e. The van der Waals surface area contributed by atoms with Crippen LogP contribution in [0.5, 0.6) is 0 Å². The monoisotopic (exact) mass is 225 g/mol. The van der Waals surface area contributed by atoms with E-state index in [1.54, 1.807) is 4.90 Å². The fourth-order valence-corrected chi connectivity index (χ4v) is 2.09. The van der Waals surface area contributed by atoms with Crippen molar-refractivity contribution in [2.24, 2.45) is 5.10 Å². The zero-order valence-electron chi connectivity index (χ0n) is 8.98. The number of nitrogens with zero attached hydrogens (tertiary/aromatic N) is 2. The van der Waals surface area contributed by atoms with Crippen molar-refractivity contribution in [3.8, 4) is 0 Å². The number of hydrogen-bond acceptors (Lipinski definition) is 4. The highest BCUT2D eigenvalue weighted by Crippen LogP contribution is 2.18. The van der Waals surface area contributed by atoms with Gasteiger partial charge in [-0.2, -0.15) is 5.10 Å². The molecule has 2 N–H and O–H groups in total. The van der Waals surface area contributed by atoms with Crippen molar-refractivity contribution in [3.05, 3.63) is 0 Å². The fourth-order valence-electron chi connectivity index (χ4n) is 2.09. The van der Waals surface area contributed by atoms with Gasteiger partial charge in [0.05, 0.1) is 12.6 Å². The Morgan fingerprint density at radius 3 is 3.00 bits per heavy atom. The van der Waals surface area contributed by atoms with Crippen LogP contribution in [0.15, 0.2) is 5.10 Å². The predicted molar refractivity (Wildman–Crippen MR) is 56.6 cm³/mol. The van der Waals surface area contributed by atoms with E-state index in [0.29, 0.717) is 25.1 Å². The van der Waals surface area contributed by atoms with Crippen LogP contribution in [0.25, 0.3) is 0 Å². The molecule has 0 aromatic carbocycles. The lowest BCUT2D eigenvalue weighted by molar-refractivity contribution is -0.126. The maximum absolute atomic E-state index is 12.0. The zero-order chi connectivity index (χ0) is 11.5. The maximum atomic E-state index is 12.0. The molecule has 1 fully saturated rings. The van der Waals surface area contributed by atoms with Crippen LogP contribution >= 0.6 is 0 Å². The smallest absolute Gasteiger partial charge is 0.270 e. The van der Waals surface area contributed by atoms with Crippen LogP contribution in [-0.2, 0) is 9.59 Å². The minimum absolute atomic E-state index is 0.00855. The van der Waals surface area contributed by atoms with Gasteiger partial charge in [0.15, 0.2) is 0 Å². The summed E-state index contributed by atoms with van der Waals surface area (Å²) >= 11 is 0. The summed E-state index contributed by atoms with van der Waals surface area (Å²) < 4.78 is 0. The normalized spacial score (nSPS) is 25.3. The van der Waals surface area contributed by atoms with E-state index in [1.807, 2.05) is 0 Å². The largest absolute Gasteiger partial charge is 0.394 e. The van der Waals surface area contributed by atoms with E-state index in [4.69, 9.17) is 5.11 Å². The summed E-state index contributed by atoms with van der Waals surface area (Å²) in [6, 6.07) is -0.0900. The van der Waals surface area contributed by atoms with Crippen LogP contribution in [0.3, 0.4) is 0 Å². The first-order valence-corrected chi connectivity index (χ1v) is 5.49. The van der Waals surface area contributed by atoms with Gasteiger partial charge in [-0.3, -0.25) is 9.59 Å². The number of carbonyl (C=O) groups excluding carboxylic acids is 2. The highest BCUT2D eigenvalue weighted by atomic mass is 16.3. The van der Waals surface area contributed by atoms with Crippen molar-refractivity contribution in [3.63, 3.8) is 0 Å². The van der Waals surface area contributed by atoms with Crippen molar-refractivity contribution in [1.82, 2.24) is 10.3 Å². The van der Waals surface area contributed by atoms with E-state index < -0.39 is 0 Å². The Morgan fingerprint density at radius 1 is 1.56 bits per heavy atom. The molecule has 2 rings (SSSR count). The summed E-state index contributed by atoms with van der Waals surface area (Å²) in [7, 11) is 0. The first kappa shape index (κ1) is 11.1. The van der Waals surface area contributed by atoms with Gasteiger partial charge in [-0.1, -0.05) is 0 Å². The minimum Gasteiger partial charge on any atom is -0.394 e. The second-order valence-electron chi connectivity index (χ2n) is 4.07. The number of hydrogen-bond donors (Lipinski definition) is 2. The summed E-state index contributed by atoms with van der Waals surface area (Å²) in [4.78, 5) is 24.5. The van der Waals surface area contributed by atoms with E-state index in [0.717, 1.165) is 12.8 Å². The molecule has 2 aliphatic rings. The Bertz CT molecular complexity index is 340. The summed E-state index contributed by atoms with van der Waals surface area (Å²) in [6.45, 7) is 0.655. The highest BCUT2D eigenvalue weighted by Gasteiger charge is 2.31. The van der Waals surface area contributed by atoms with E-state index in [2.05, 4.69) is 10.5 Å². The van der Waals surface area contributed by atoms with Gasteiger partial charge in [-0.05, 0) is 12.8 Å². The van der Waals surface area contributed by atoms with Crippen LogP contribution in [0, 0.1) is 0 Å². The third kappa shape index (κ3) is 2.06. The zero-order valence-corrected chi connectivity index (χ0v) is 8.98. The van der Waals surface area contributed by atoms with Crippen LogP contribution in [0.1, 0.15) is 25.7 Å². The van der Waals surface area contributed by atoms with Crippen LogP contribution in [0.4, 0.5) is 0 Å². The molecular weight excluding hydrogens is 210 g/mol. The van der Waals surface area contributed by atoms with Crippen molar-refractivity contribution >= 4 is 17.5 Å². The van der Waals surface area contributed by atoms with Crippen molar-refractivity contribution < 1.29 is 14.7 Å². The van der Waals surface area contributed by atoms with Crippen LogP contribution in [0.2, 0.25) is 0 Å². The SMILES string of the molecule is O=C1CCC(C(=O)N2CCC[C@H]2CO)=NN1. The summed E-state index contributed by atoms with van der Waals surface area (Å²) in [5.41, 5.74) is 2.70. The molecule has 88 valence electrons. The second-order valence-corrected chi connectivity index (χ2v) is 4.07. The van der Waals surface area contributed by atoms with Crippen LogP contribution < -0.4 is 5.43 Å². The fraction of sp³-hybridized carbons (Fsp3) is 0.700. The molecule has 0 radical (unpaired) electrons. The third-order valence-electron chi connectivity index (χ3n) is 3.00. The molecule has 2 aliphatic heterocycles. The Labute approximate surface area is 93.3 Å². The molecule has 0 unspecified atom stereocenters. The van der Waals surface area contributed by atoms with Gasteiger partial charge in [-0.15, -0.1) is 0 Å². The van der Waals surface area contributed by atoms with Gasteiger partial charge in [0.2, 0.25) is 5.91 Å². The average Bonchev–Trinajstić information content (AvgIpc) is 2.77. The molecule has 1 atom stereocenters. The minimum atomic E-state index is -0.156. The number of carbonyl (C=O) groups is 2. The first-order chi connectivity index (χ1) is 7.72. The van der Waals surface area contributed by atoms with Gasteiger partial charge < -0.3 is 10.0 Å². The number of rotatable bonds is 2. The number of hydrazone groups is 1. The van der Waals surface area contributed by atoms with Gasteiger partial charge in [0.1, 0.15) is 5.71 Å². The topological polar surface area (TPSA) is 82.0 Å². The summed E-state index contributed by atoms with van der Waals surface area (Å²) in [6.07, 6.45) is 2.44. The summed E-state index contributed by atoms with van der Waals surface area (Å²) in [5, 5.41) is 12.9. The molecule has 0 bridgehead atoms.